The van der Waals surface area contributed by atoms with E-state index in [1.54, 1.807) is 48.9 Å². The van der Waals surface area contributed by atoms with Crippen molar-refractivity contribution in [1.29, 1.82) is 5.26 Å². The molecule has 0 atom stereocenters. The molecule has 0 fully saturated rings. The van der Waals surface area contributed by atoms with Crippen LogP contribution < -0.4 is 0 Å². The second-order valence-corrected chi connectivity index (χ2v) is 3.85. The van der Waals surface area contributed by atoms with Gasteiger partial charge in [0.2, 0.25) is 0 Å². The minimum atomic E-state index is 0.480. The van der Waals surface area contributed by atoms with Crippen LogP contribution in [0, 0.1) is 11.3 Å². The van der Waals surface area contributed by atoms with E-state index in [2.05, 4.69) is 22.7 Å². The van der Waals surface area contributed by atoms with Crippen LogP contribution in [-0.4, -0.2) is 0 Å². The van der Waals surface area contributed by atoms with Crippen LogP contribution in [0.1, 0.15) is 11.1 Å². The largest absolute Gasteiger partial charge is 0.472 e. The maximum Gasteiger partial charge on any atom is 0.100 e. The maximum atomic E-state index is 9.38. The van der Waals surface area contributed by atoms with Crippen molar-refractivity contribution < 1.29 is 4.42 Å². The molecule has 2 rings (SSSR count). The number of hydrogen-bond donors (Lipinski definition) is 0. The molecule has 5 heteroatoms. The number of furan rings is 1. The molecule has 20 heavy (non-hydrogen) atoms. The van der Waals surface area contributed by atoms with E-state index in [0.29, 0.717) is 16.8 Å². The first kappa shape index (κ1) is 13.2. The van der Waals surface area contributed by atoms with Crippen molar-refractivity contribution in [2.45, 2.75) is 0 Å². The van der Waals surface area contributed by atoms with E-state index in [-0.39, 0.29) is 0 Å². The number of allylic oxidation sites excluding steroid dienone is 3. The molecule has 0 saturated carbocycles. The van der Waals surface area contributed by atoms with Crippen LogP contribution >= 0.6 is 0 Å². The normalized spacial score (nSPS) is 10.9. The van der Waals surface area contributed by atoms with Gasteiger partial charge in [-0.25, -0.2) is 0 Å². The minimum Gasteiger partial charge on any atom is -0.472 e. The molecule has 5 nitrogen and oxygen atoms in total. The highest BCUT2D eigenvalue weighted by molar-refractivity contribution is 6.00. The number of benzene rings is 1. The monoisotopic (exact) mass is 262 g/mol. The Morgan fingerprint density at radius 2 is 2.05 bits per heavy atom. The van der Waals surface area contributed by atoms with Crippen LogP contribution in [0.3, 0.4) is 0 Å². The molecule has 0 aliphatic heterocycles. The highest BCUT2D eigenvalue weighted by atomic mass is 16.3. The second-order valence-electron chi connectivity index (χ2n) is 3.85. The van der Waals surface area contributed by atoms with E-state index in [1.807, 2.05) is 0 Å². The van der Waals surface area contributed by atoms with Crippen molar-refractivity contribution >= 4 is 16.8 Å². The molecule has 0 aliphatic rings. The van der Waals surface area contributed by atoms with Gasteiger partial charge in [0.25, 0.3) is 0 Å². The summed E-state index contributed by atoms with van der Waals surface area (Å²) in [5.41, 5.74) is 11.5. The Balaban J connectivity index is 2.54. The number of rotatable bonds is 4. The van der Waals surface area contributed by atoms with Crippen LogP contribution in [0.2, 0.25) is 0 Å². The fourth-order valence-electron chi connectivity index (χ4n) is 1.81. The summed E-state index contributed by atoms with van der Waals surface area (Å²) in [7, 11) is 0. The molecule has 1 aromatic carbocycles. The Morgan fingerprint density at radius 1 is 1.30 bits per heavy atom. The van der Waals surface area contributed by atoms with Crippen LogP contribution in [0.5, 0.6) is 0 Å². The number of nitrogens with zero attached hydrogens (tertiary/aromatic N) is 4. The molecule has 0 bridgehead atoms. The highest BCUT2D eigenvalue weighted by Crippen LogP contribution is 2.28. The van der Waals surface area contributed by atoms with Gasteiger partial charge in [-0.3, -0.25) is 0 Å². The Bertz CT molecular complexity index is 727. The SMILES string of the molecule is C=CC(=C(C#N)c1ccc(N=[N+]=[N-])cc1)c1ccoc1. The molecule has 0 saturated heterocycles. The molecule has 0 N–H and O–H groups in total. The summed E-state index contributed by atoms with van der Waals surface area (Å²) in [6, 6.07) is 10.7. The van der Waals surface area contributed by atoms with E-state index in [1.165, 1.54) is 0 Å². The van der Waals surface area contributed by atoms with E-state index < -0.39 is 0 Å². The first-order valence-electron chi connectivity index (χ1n) is 5.75. The van der Waals surface area contributed by atoms with Crippen molar-refractivity contribution in [2.75, 3.05) is 0 Å². The second kappa shape index (κ2) is 6.10. The molecule has 0 spiro atoms. The summed E-state index contributed by atoms with van der Waals surface area (Å²) < 4.78 is 5.03. The summed E-state index contributed by atoms with van der Waals surface area (Å²) >= 11 is 0. The van der Waals surface area contributed by atoms with Crippen molar-refractivity contribution in [2.24, 2.45) is 5.11 Å². The maximum absolute atomic E-state index is 9.38. The third kappa shape index (κ3) is 2.61. The molecular formula is C15H10N4O. The summed E-state index contributed by atoms with van der Waals surface area (Å²) in [5, 5.41) is 12.9. The van der Waals surface area contributed by atoms with Gasteiger partial charge in [-0.1, -0.05) is 42.0 Å². The summed E-state index contributed by atoms with van der Waals surface area (Å²) in [4.78, 5) is 2.71. The fourth-order valence-corrected chi connectivity index (χ4v) is 1.81. The van der Waals surface area contributed by atoms with E-state index >= 15 is 0 Å². The molecule has 0 amide bonds. The number of azide groups is 1. The van der Waals surface area contributed by atoms with Gasteiger partial charge in [-0.15, -0.1) is 0 Å². The van der Waals surface area contributed by atoms with E-state index in [0.717, 1.165) is 11.1 Å². The molecule has 96 valence electrons. The Labute approximate surface area is 115 Å². The predicted molar refractivity (Wildman–Crippen MR) is 76.6 cm³/mol. The molecule has 0 radical (unpaired) electrons. The topological polar surface area (TPSA) is 85.7 Å². The van der Waals surface area contributed by atoms with Crippen LogP contribution in [-0.2, 0) is 0 Å². The summed E-state index contributed by atoms with van der Waals surface area (Å²) in [6.45, 7) is 3.74. The third-order valence-corrected chi connectivity index (χ3v) is 2.73. The molecule has 1 aromatic heterocycles. The quantitative estimate of drug-likeness (QED) is 0.259. The van der Waals surface area contributed by atoms with Crippen LogP contribution in [0.15, 0.2) is 65.0 Å². The van der Waals surface area contributed by atoms with Gasteiger partial charge in [-0.2, -0.15) is 5.26 Å². The third-order valence-electron chi connectivity index (χ3n) is 2.73. The molecule has 2 aromatic rings. The summed E-state index contributed by atoms with van der Waals surface area (Å²) in [6.07, 6.45) is 4.71. The molecular weight excluding hydrogens is 252 g/mol. The lowest BCUT2D eigenvalue weighted by atomic mass is 9.97. The highest BCUT2D eigenvalue weighted by Gasteiger charge is 2.09. The zero-order valence-electron chi connectivity index (χ0n) is 10.5. The minimum absolute atomic E-state index is 0.480. The van der Waals surface area contributed by atoms with Crippen molar-refractivity contribution in [3.8, 4) is 6.07 Å². The predicted octanol–water partition coefficient (Wildman–Crippen LogP) is 4.84. The smallest absolute Gasteiger partial charge is 0.100 e. The Morgan fingerprint density at radius 3 is 2.55 bits per heavy atom. The Kier molecular flexibility index (Phi) is 4.03. The molecule has 1 heterocycles. The van der Waals surface area contributed by atoms with Gasteiger partial charge >= 0.3 is 0 Å². The zero-order valence-corrected chi connectivity index (χ0v) is 10.5. The number of nitriles is 1. The van der Waals surface area contributed by atoms with Crippen LogP contribution in [0.4, 0.5) is 5.69 Å². The van der Waals surface area contributed by atoms with Gasteiger partial charge in [-0.05, 0) is 17.2 Å². The van der Waals surface area contributed by atoms with Crippen molar-refractivity contribution in [1.82, 2.24) is 0 Å². The first-order chi connectivity index (χ1) is 9.80. The first-order valence-corrected chi connectivity index (χ1v) is 5.75. The van der Waals surface area contributed by atoms with Gasteiger partial charge in [0.15, 0.2) is 0 Å². The Hall–Kier alpha value is -3.22. The fraction of sp³-hybridized carbons (Fsp3) is 0. The molecule has 0 aliphatic carbocycles. The number of hydrogen-bond acceptors (Lipinski definition) is 3. The average Bonchev–Trinajstić information content (AvgIpc) is 3.00. The van der Waals surface area contributed by atoms with Gasteiger partial charge in [0, 0.05) is 21.7 Å². The van der Waals surface area contributed by atoms with Crippen LogP contribution in [0.25, 0.3) is 21.6 Å². The van der Waals surface area contributed by atoms with E-state index in [4.69, 9.17) is 9.95 Å². The van der Waals surface area contributed by atoms with Crippen molar-refractivity contribution in [3.63, 3.8) is 0 Å². The van der Waals surface area contributed by atoms with Gasteiger partial charge < -0.3 is 4.42 Å². The average molecular weight is 262 g/mol. The van der Waals surface area contributed by atoms with Gasteiger partial charge in [0.1, 0.15) is 6.07 Å². The zero-order chi connectivity index (χ0) is 14.4. The lowest BCUT2D eigenvalue weighted by Crippen LogP contribution is -1.87. The summed E-state index contributed by atoms with van der Waals surface area (Å²) in [5.74, 6) is 0. The lowest BCUT2D eigenvalue weighted by Gasteiger charge is -2.05. The van der Waals surface area contributed by atoms with E-state index in [9.17, 15) is 5.26 Å². The van der Waals surface area contributed by atoms with Crippen molar-refractivity contribution in [3.05, 3.63) is 77.1 Å². The van der Waals surface area contributed by atoms with Gasteiger partial charge in [0.05, 0.1) is 18.1 Å². The lowest BCUT2D eigenvalue weighted by molar-refractivity contribution is 0.566. The standard InChI is InChI=1S/C15H10N4O/c1-2-14(12-7-8-20-10-12)15(9-16)11-3-5-13(6-4-11)18-19-17/h2-8,10H,1H2. The molecule has 0 unspecified atom stereocenters.